The van der Waals surface area contributed by atoms with Crippen LogP contribution in [-0.2, 0) is 9.47 Å². The molecule has 0 aliphatic carbocycles. The van der Waals surface area contributed by atoms with Crippen LogP contribution in [0.1, 0.15) is 18.6 Å². The molecule has 2 aliphatic rings. The van der Waals surface area contributed by atoms with Crippen molar-refractivity contribution in [2.24, 2.45) is 0 Å². The lowest BCUT2D eigenvalue weighted by Gasteiger charge is -2.12. The van der Waals surface area contributed by atoms with Crippen LogP contribution < -0.4 is 0 Å². The van der Waals surface area contributed by atoms with E-state index < -0.39 is 8.07 Å². The zero-order valence-electron chi connectivity index (χ0n) is 10.9. The minimum Gasteiger partial charge on any atom is -0.370 e. The van der Waals surface area contributed by atoms with Crippen molar-refractivity contribution in [2.75, 3.05) is 0 Å². The second kappa shape index (κ2) is 3.43. The second-order valence-electron chi connectivity index (χ2n) is 6.44. The molecule has 2 unspecified atom stereocenters. The van der Waals surface area contributed by atoms with Crippen LogP contribution in [0.2, 0.25) is 19.6 Å². The largest absolute Gasteiger partial charge is 0.370 e. The Labute approximate surface area is 104 Å². The van der Waals surface area contributed by atoms with Gasteiger partial charge in [-0.15, -0.1) is 0 Å². The van der Waals surface area contributed by atoms with Crippen LogP contribution in [-0.4, -0.2) is 25.5 Å². The molecule has 3 rings (SSSR count). The summed E-state index contributed by atoms with van der Waals surface area (Å²) in [7, 11) is -1.19. The van der Waals surface area contributed by atoms with Crippen molar-refractivity contribution in [1.82, 2.24) is 0 Å². The van der Waals surface area contributed by atoms with E-state index in [9.17, 15) is 0 Å². The van der Waals surface area contributed by atoms with E-state index in [2.05, 4.69) is 50.8 Å². The molecule has 3 heteroatoms. The average molecular weight is 248 g/mol. The number of epoxide rings is 2. The summed E-state index contributed by atoms with van der Waals surface area (Å²) in [6.07, 6.45) is 0.550. The maximum absolute atomic E-state index is 5.94. The van der Waals surface area contributed by atoms with Gasteiger partial charge in [0.2, 0.25) is 0 Å². The zero-order valence-corrected chi connectivity index (χ0v) is 11.9. The van der Waals surface area contributed by atoms with Crippen molar-refractivity contribution in [2.45, 2.75) is 50.1 Å². The van der Waals surface area contributed by atoms with Crippen LogP contribution in [0, 0.1) is 0 Å². The molecular weight excluding hydrogens is 228 g/mol. The molecule has 0 radical (unpaired) electrons. The molecular formula is C14H20O2Si. The maximum atomic E-state index is 5.94. The van der Waals surface area contributed by atoms with Gasteiger partial charge in [0.25, 0.3) is 0 Å². The first-order valence-electron chi connectivity index (χ1n) is 6.31. The molecule has 17 heavy (non-hydrogen) atoms. The molecule has 2 fully saturated rings. The number of benzene rings is 1. The van der Waals surface area contributed by atoms with Gasteiger partial charge in [-0.1, -0.05) is 50.0 Å². The molecule has 92 valence electrons. The van der Waals surface area contributed by atoms with Gasteiger partial charge in [-0.3, -0.25) is 0 Å². The van der Waals surface area contributed by atoms with E-state index in [1.807, 2.05) is 6.07 Å². The van der Waals surface area contributed by atoms with Crippen molar-refractivity contribution >= 4 is 8.07 Å². The van der Waals surface area contributed by atoms with E-state index in [4.69, 9.17) is 9.47 Å². The highest BCUT2D eigenvalue weighted by Crippen LogP contribution is 2.58. The lowest BCUT2D eigenvalue weighted by atomic mass is 9.98. The van der Waals surface area contributed by atoms with Crippen LogP contribution >= 0.6 is 0 Å². The Morgan fingerprint density at radius 1 is 1.12 bits per heavy atom. The normalized spacial score (nSPS) is 40.1. The highest BCUT2D eigenvalue weighted by Gasteiger charge is 2.69. The predicted molar refractivity (Wildman–Crippen MR) is 70.7 cm³/mol. The SMILES string of the molecule is C[C@]1(C2OC2[Si](C)(C)C)O[C@@H]1c1ccccc1. The Bertz CT molecular complexity index is 426. The summed E-state index contributed by atoms with van der Waals surface area (Å²) in [6, 6.07) is 10.5. The predicted octanol–water partition coefficient (Wildman–Crippen LogP) is 3.16. The molecule has 0 saturated carbocycles. The summed E-state index contributed by atoms with van der Waals surface area (Å²) in [6.45, 7) is 9.28. The quantitative estimate of drug-likeness (QED) is 0.606. The lowest BCUT2D eigenvalue weighted by Crippen LogP contribution is -2.34. The Morgan fingerprint density at radius 2 is 1.76 bits per heavy atom. The summed E-state index contributed by atoms with van der Waals surface area (Å²) in [5.74, 6) is 0. The van der Waals surface area contributed by atoms with E-state index >= 15 is 0 Å². The number of rotatable bonds is 3. The Morgan fingerprint density at radius 3 is 2.29 bits per heavy atom. The van der Waals surface area contributed by atoms with Crippen LogP contribution in [0.4, 0.5) is 0 Å². The average Bonchev–Trinajstić information content (AvgIpc) is 3.10. The first kappa shape index (κ1) is 11.4. The smallest absolute Gasteiger partial charge is 0.125 e. The molecule has 0 aromatic heterocycles. The number of ether oxygens (including phenoxy) is 2. The van der Waals surface area contributed by atoms with Gasteiger partial charge < -0.3 is 9.47 Å². The van der Waals surface area contributed by atoms with Gasteiger partial charge in [0.05, 0.1) is 13.8 Å². The third-order valence-electron chi connectivity index (χ3n) is 3.85. The molecule has 1 aromatic rings. The Kier molecular flexibility index (Phi) is 2.31. The number of hydrogen-bond donors (Lipinski definition) is 0. The molecule has 0 amide bonds. The molecule has 4 atom stereocenters. The monoisotopic (exact) mass is 248 g/mol. The van der Waals surface area contributed by atoms with Crippen LogP contribution in [0.3, 0.4) is 0 Å². The van der Waals surface area contributed by atoms with E-state index in [-0.39, 0.29) is 11.7 Å². The van der Waals surface area contributed by atoms with E-state index in [0.29, 0.717) is 11.8 Å². The van der Waals surface area contributed by atoms with Gasteiger partial charge in [-0.25, -0.2) is 0 Å². The summed E-state index contributed by atoms with van der Waals surface area (Å²) < 4.78 is 11.8. The van der Waals surface area contributed by atoms with Gasteiger partial charge in [0, 0.05) is 0 Å². The van der Waals surface area contributed by atoms with Gasteiger partial charge in [-0.05, 0) is 12.5 Å². The third kappa shape index (κ3) is 1.86. The van der Waals surface area contributed by atoms with Crippen molar-refractivity contribution in [3.8, 4) is 0 Å². The summed E-state index contributed by atoms with van der Waals surface area (Å²) >= 11 is 0. The molecule has 0 bridgehead atoms. The fourth-order valence-electron chi connectivity index (χ4n) is 2.67. The highest BCUT2D eigenvalue weighted by atomic mass is 28.3. The molecule has 1 aromatic carbocycles. The van der Waals surface area contributed by atoms with E-state index in [1.165, 1.54) is 5.56 Å². The molecule has 2 nitrogen and oxygen atoms in total. The van der Waals surface area contributed by atoms with Crippen molar-refractivity contribution < 1.29 is 9.47 Å². The van der Waals surface area contributed by atoms with Crippen molar-refractivity contribution in [3.05, 3.63) is 35.9 Å². The second-order valence-corrected chi connectivity index (χ2v) is 11.7. The fourth-order valence-corrected chi connectivity index (χ4v) is 4.46. The fraction of sp³-hybridized carbons (Fsp3) is 0.571. The first-order valence-corrected chi connectivity index (χ1v) is 9.89. The molecule has 2 saturated heterocycles. The minimum atomic E-state index is -1.19. The van der Waals surface area contributed by atoms with E-state index in [0.717, 1.165) is 0 Å². The van der Waals surface area contributed by atoms with Crippen molar-refractivity contribution in [1.29, 1.82) is 0 Å². The Balaban J connectivity index is 1.72. The van der Waals surface area contributed by atoms with Gasteiger partial charge in [-0.2, -0.15) is 0 Å². The zero-order chi connectivity index (χ0) is 12.3. The van der Waals surface area contributed by atoms with E-state index in [1.54, 1.807) is 0 Å². The third-order valence-corrected chi connectivity index (χ3v) is 5.99. The molecule has 0 spiro atoms. The Hall–Kier alpha value is -0.643. The van der Waals surface area contributed by atoms with Gasteiger partial charge in [0.1, 0.15) is 17.8 Å². The van der Waals surface area contributed by atoms with Gasteiger partial charge >= 0.3 is 0 Å². The topological polar surface area (TPSA) is 25.1 Å². The first-order chi connectivity index (χ1) is 7.93. The lowest BCUT2D eigenvalue weighted by molar-refractivity contribution is 0.248. The number of hydrogen-bond acceptors (Lipinski definition) is 2. The van der Waals surface area contributed by atoms with Crippen LogP contribution in [0.5, 0.6) is 0 Å². The van der Waals surface area contributed by atoms with Crippen LogP contribution in [0.15, 0.2) is 30.3 Å². The summed E-state index contributed by atoms with van der Waals surface area (Å²) in [5, 5.41) is 0. The maximum Gasteiger partial charge on any atom is 0.125 e. The molecule has 2 aliphatic heterocycles. The van der Waals surface area contributed by atoms with Gasteiger partial charge in [0.15, 0.2) is 0 Å². The molecule has 2 heterocycles. The molecule has 0 N–H and O–H groups in total. The standard InChI is InChI=1S/C14H20O2Si/c1-14(12-13(15-12)17(2,3)4)11(16-14)10-8-6-5-7-9-10/h5-9,11-13H,1-4H3/t11-,12?,13?,14+/m1/s1. The van der Waals surface area contributed by atoms with Crippen LogP contribution in [0.25, 0.3) is 0 Å². The highest BCUT2D eigenvalue weighted by molar-refractivity contribution is 6.78. The minimum absolute atomic E-state index is 0.0771. The summed E-state index contributed by atoms with van der Waals surface area (Å²) in [4.78, 5) is 0. The summed E-state index contributed by atoms with van der Waals surface area (Å²) in [5.41, 5.74) is 1.67. The van der Waals surface area contributed by atoms with Crippen molar-refractivity contribution in [3.63, 3.8) is 0 Å².